The summed E-state index contributed by atoms with van der Waals surface area (Å²) in [5.41, 5.74) is 1.84. The average Bonchev–Trinajstić information content (AvgIpc) is 3.64. The third kappa shape index (κ3) is 7.90. The number of likely N-dealkylation sites (tertiary alicyclic amines) is 1. The zero-order valence-electron chi connectivity index (χ0n) is 25.5. The van der Waals surface area contributed by atoms with E-state index in [9.17, 15) is 22.8 Å². The lowest BCUT2D eigenvalue weighted by atomic mass is 9.81. The Balaban J connectivity index is 1.34. The monoisotopic (exact) mass is 664 g/mol. The molecule has 2 aliphatic heterocycles. The Hall–Kier alpha value is -3.36. The van der Waals surface area contributed by atoms with E-state index < -0.39 is 22.2 Å². The highest BCUT2D eigenvalue weighted by Gasteiger charge is 2.44. The highest BCUT2D eigenvalue weighted by Crippen LogP contribution is 2.44. The van der Waals surface area contributed by atoms with Gasteiger partial charge in [0.15, 0.2) is 0 Å². The van der Waals surface area contributed by atoms with Gasteiger partial charge in [-0.3, -0.25) is 10.1 Å². The lowest BCUT2D eigenvalue weighted by Crippen LogP contribution is -2.41. The number of benzene rings is 1. The number of sulfonamides is 1. The number of carboxylic acid groups (broad SMARTS) is 1. The molecule has 1 aliphatic carbocycles. The lowest BCUT2D eigenvalue weighted by molar-refractivity contribution is -0.138. The summed E-state index contributed by atoms with van der Waals surface area (Å²) < 4.78 is 30.3. The molecule has 0 unspecified atom stereocenters. The summed E-state index contributed by atoms with van der Waals surface area (Å²) in [5.74, 6) is 1.21. The van der Waals surface area contributed by atoms with E-state index in [2.05, 4.69) is 20.4 Å². The molecule has 0 spiro atoms. The summed E-state index contributed by atoms with van der Waals surface area (Å²) in [4.78, 5) is 46.6. The third-order valence-electron chi connectivity index (χ3n) is 9.57. The van der Waals surface area contributed by atoms with Crippen molar-refractivity contribution < 1.29 is 32.6 Å². The number of nitrogens with zero attached hydrogens (tertiary/aromatic N) is 3. The first-order valence-corrected chi connectivity index (χ1v) is 17.6. The third-order valence-corrected chi connectivity index (χ3v) is 11.1. The van der Waals surface area contributed by atoms with Gasteiger partial charge in [-0.25, -0.2) is 27.3 Å². The first-order valence-electron chi connectivity index (χ1n) is 15.4. The van der Waals surface area contributed by atoms with Gasteiger partial charge in [-0.05, 0) is 74.8 Å². The van der Waals surface area contributed by atoms with Crippen molar-refractivity contribution in [3.8, 4) is 11.3 Å². The van der Waals surface area contributed by atoms with E-state index in [0.29, 0.717) is 67.8 Å². The fourth-order valence-corrected chi connectivity index (χ4v) is 8.19. The fraction of sp³-hybridized carbons (Fsp3) is 0.600. The van der Waals surface area contributed by atoms with E-state index in [-0.39, 0.29) is 35.6 Å². The summed E-state index contributed by atoms with van der Waals surface area (Å²) in [6.45, 7) is 1.91. The maximum absolute atomic E-state index is 14.1. The summed E-state index contributed by atoms with van der Waals surface area (Å²) in [6, 6.07) is 6.73. The largest absolute Gasteiger partial charge is 0.465 e. The number of rotatable bonds is 8. The van der Waals surface area contributed by atoms with Crippen molar-refractivity contribution in [2.75, 3.05) is 44.9 Å². The van der Waals surface area contributed by atoms with E-state index in [1.165, 1.54) is 17.7 Å². The Bertz CT molecular complexity index is 1480. The van der Waals surface area contributed by atoms with Crippen LogP contribution < -0.4 is 10.6 Å². The Morgan fingerprint density at radius 1 is 1.07 bits per heavy atom. The number of H-pyrrole nitrogens is 1. The van der Waals surface area contributed by atoms with E-state index >= 15 is 0 Å². The molecule has 4 N–H and O–H groups in total. The van der Waals surface area contributed by atoms with Crippen molar-refractivity contribution in [3.63, 3.8) is 0 Å². The number of aromatic nitrogens is 2. The second kappa shape index (κ2) is 14.0. The molecule has 3 aliphatic rings. The maximum atomic E-state index is 14.1. The molecule has 2 atom stereocenters. The molecule has 1 aromatic heterocycles. The molecule has 45 heavy (non-hydrogen) atoms. The lowest BCUT2D eigenvalue weighted by Gasteiger charge is -2.34. The van der Waals surface area contributed by atoms with Gasteiger partial charge in [0.05, 0.1) is 19.4 Å². The molecule has 2 saturated heterocycles. The number of piperidine rings is 1. The van der Waals surface area contributed by atoms with Gasteiger partial charge < -0.3 is 25.0 Å². The first-order chi connectivity index (χ1) is 21.4. The molecule has 1 saturated carbocycles. The van der Waals surface area contributed by atoms with Crippen molar-refractivity contribution in [2.45, 2.75) is 51.0 Å². The zero-order chi connectivity index (χ0) is 32.3. The van der Waals surface area contributed by atoms with Crippen LogP contribution in [0.25, 0.3) is 11.3 Å². The fourth-order valence-electron chi connectivity index (χ4n) is 7.07. The molecule has 2 aromatic rings. The van der Waals surface area contributed by atoms with Crippen LogP contribution in [-0.2, 0) is 19.6 Å². The van der Waals surface area contributed by atoms with Crippen LogP contribution in [0, 0.1) is 23.7 Å². The Morgan fingerprint density at radius 3 is 2.33 bits per heavy atom. The molecule has 1 aromatic carbocycles. The molecule has 3 heterocycles. The highest BCUT2D eigenvalue weighted by atomic mass is 35.5. The van der Waals surface area contributed by atoms with Crippen LogP contribution in [0.5, 0.6) is 0 Å². The van der Waals surface area contributed by atoms with Crippen LogP contribution >= 0.6 is 11.6 Å². The van der Waals surface area contributed by atoms with E-state index in [1.807, 2.05) is 4.90 Å². The Kier molecular flexibility index (Phi) is 10.2. The number of imidazole rings is 1. The van der Waals surface area contributed by atoms with Crippen molar-refractivity contribution in [3.05, 3.63) is 35.2 Å². The number of anilines is 1. The molecular formula is C30H41ClN6O7S. The molecule has 3 fully saturated rings. The maximum Gasteiger partial charge on any atom is 0.411 e. The minimum absolute atomic E-state index is 0.0769. The number of amides is 3. The predicted molar refractivity (Wildman–Crippen MR) is 168 cm³/mol. The summed E-state index contributed by atoms with van der Waals surface area (Å²) in [7, 11) is -1.95. The van der Waals surface area contributed by atoms with Crippen LogP contribution in [0.2, 0.25) is 5.15 Å². The van der Waals surface area contributed by atoms with E-state index in [4.69, 9.17) is 21.7 Å². The first kappa shape index (κ1) is 33.0. The second-order valence-electron chi connectivity index (χ2n) is 12.4. The summed E-state index contributed by atoms with van der Waals surface area (Å²) >= 11 is 6.67. The molecular weight excluding hydrogens is 624 g/mol. The minimum Gasteiger partial charge on any atom is -0.465 e. The minimum atomic E-state index is -3.24. The van der Waals surface area contributed by atoms with Crippen LogP contribution in [0.4, 0.5) is 15.3 Å². The van der Waals surface area contributed by atoms with Gasteiger partial charge in [-0.2, -0.15) is 0 Å². The zero-order valence-corrected chi connectivity index (χ0v) is 27.1. The SMILES string of the molecule is COC(=O)Nc1ccc(-c2nc([C@@H]3C[C@H](C4CCN(S(C)(=O)=O)CC4)CN3C(=O)C3CCC(CNC(=O)O)CC3)[nH]c2Cl)cc1. The van der Waals surface area contributed by atoms with Crippen molar-refractivity contribution >= 4 is 45.4 Å². The average molecular weight is 665 g/mol. The number of nitrogens with one attached hydrogen (secondary N) is 3. The van der Waals surface area contributed by atoms with Gasteiger partial charge in [-0.15, -0.1) is 0 Å². The van der Waals surface area contributed by atoms with Gasteiger partial charge in [0.25, 0.3) is 0 Å². The van der Waals surface area contributed by atoms with E-state index in [1.54, 1.807) is 24.3 Å². The summed E-state index contributed by atoms with van der Waals surface area (Å²) in [6.07, 6.45) is 4.76. The molecule has 15 heteroatoms. The topological polar surface area (TPSA) is 174 Å². The number of aromatic amines is 1. The number of carbonyl (C=O) groups excluding carboxylic acids is 2. The molecule has 0 radical (unpaired) electrons. The van der Waals surface area contributed by atoms with E-state index in [0.717, 1.165) is 31.2 Å². The van der Waals surface area contributed by atoms with Gasteiger partial charge in [0.2, 0.25) is 15.9 Å². The van der Waals surface area contributed by atoms with Gasteiger partial charge in [-0.1, -0.05) is 23.7 Å². The standard InChI is InChI=1S/C30H41ClN6O7S/c1-44-30(41)33-23-9-7-20(8-10-23)25-26(31)35-27(34-25)24-15-22(19-11-13-36(14-12-19)45(2,42)43)17-37(24)28(38)21-5-3-18(4-6-21)16-32-29(39)40/h7-10,18-19,21-22,24,32H,3-6,11-17H2,1-2H3,(H,33,41)(H,34,35)(H,39,40)/t18?,21?,22-,24-/m0/s1. The van der Waals surface area contributed by atoms with Gasteiger partial charge >= 0.3 is 12.2 Å². The van der Waals surface area contributed by atoms with Gasteiger partial charge in [0, 0.05) is 43.3 Å². The number of carbonyl (C=O) groups is 3. The molecule has 0 bridgehead atoms. The Morgan fingerprint density at radius 2 is 1.73 bits per heavy atom. The van der Waals surface area contributed by atoms with Crippen LogP contribution in [-0.4, -0.2) is 90.3 Å². The number of hydrogen-bond donors (Lipinski definition) is 4. The molecule has 246 valence electrons. The highest BCUT2D eigenvalue weighted by molar-refractivity contribution is 7.88. The quantitative estimate of drug-likeness (QED) is 0.318. The summed E-state index contributed by atoms with van der Waals surface area (Å²) in [5, 5.41) is 14.4. The number of halogens is 1. The number of methoxy groups -OCH3 is 1. The van der Waals surface area contributed by atoms with Crippen molar-refractivity contribution in [1.29, 1.82) is 0 Å². The molecule has 13 nitrogen and oxygen atoms in total. The van der Waals surface area contributed by atoms with Gasteiger partial charge in [0.1, 0.15) is 16.7 Å². The second-order valence-corrected chi connectivity index (χ2v) is 14.7. The normalized spacial score (nSPS) is 24.7. The van der Waals surface area contributed by atoms with Crippen molar-refractivity contribution in [1.82, 2.24) is 24.5 Å². The van der Waals surface area contributed by atoms with Crippen molar-refractivity contribution in [2.24, 2.45) is 23.7 Å². The van der Waals surface area contributed by atoms with Crippen LogP contribution in [0.1, 0.15) is 56.8 Å². The van der Waals surface area contributed by atoms with Crippen LogP contribution in [0.15, 0.2) is 24.3 Å². The molecule has 5 rings (SSSR count). The molecule has 3 amide bonds. The predicted octanol–water partition coefficient (Wildman–Crippen LogP) is 4.54. The Labute approximate surface area is 268 Å². The number of hydrogen-bond acceptors (Lipinski definition) is 7. The number of ether oxygens (including phenoxy) is 1. The van der Waals surface area contributed by atoms with Crippen LogP contribution in [0.3, 0.4) is 0 Å². The smallest absolute Gasteiger partial charge is 0.411 e.